The molecule has 25 heavy (non-hydrogen) atoms. The summed E-state index contributed by atoms with van der Waals surface area (Å²) in [6, 6.07) is -1.86. The number of nitrogens with one attached hydrogen (secondary N) is 2. The van der Waals surface area contributed by atoms with Gasteiger partial charge in [-0.05, 0) is 20.8 Å². The number of nitrogens with zero attached hydrogens (tertiary/aromatic N) is 3. The van der Waals surface area contributed by atoms with Gasteiger partial charge in [-0.15, -0.1) is 0 Å². The minimum atomic E-state index is -4.52. The van der Waals surface area contributed by atoms with Gasteiger partial charge in [0.25, 0.3) is 0 Å². The zero-order valence-electron chi connectivity index (χ0n) is 14.5. The Balaban J connectivity index is 2.20. The first-order chi connectivity index (χ1) is 11.6. The van der Waals surface area contributed by atoms with Crippen LogP contribution < -0.4 is 10.0 Å². The lowest BCUT2D eigenvalue weighted by molar-refractivity contribution is -0.182. The molecule has 11 heteroatoms. The molecule has 0 aromatic carbocycles. The van der Waals surface area contributed by atoms with Crippen molar-refractivity contribution >= 4 is 10.0 Å². The summed E-state index contributed by atoms with van der Waals surface area (Å²) >= 11 is 0. The topological polar surface area (TPSA) is 79.3 Å². The van der Waals surface area contributed by atoms with Crippen LogP contribution in [0.2, 0.25) is 0 Å². The molecule has 1 aliphatic heterocycles. The second kappa shape index (κ2) is 7.60. The molecule has 0 spiro atoms. The van der Waals surface area contributed by atoms with E-state index in [0.717, 1.165) is 0 Å². The molecule has 1 aliphatic rings. The van der Waals surface area contributed by atoms with E-state index in [1.165, 1.54) is 16.5 Å². The van der Waals surface area contributed by atoms with E-state index < -0.39 is 28.8 Å². The molecule has 1 saturated heterocycles. The number of halogens is 3. The number of sulfonamides is 1. The highest BCUT2D eigenvalue weighted by molar-refractivity contribution is 7.89. The van der Waals surface area contributed by atoms with Crippen LogP contribution in [0, 0.1) is 13.8 Å². The molecule has 1 unspecified atom stereocenters. The number of hydrogen-bond donors (Lipinski definition) is 2. The molecular formula is C14H24F3N5O2S. The summed E-state index contributed by atoms with van der Waals surface area (Å²) in [6.45, 7) is 6.03. The van der Waals surface area contributed by atoms with Gasteiger partial charge in [-0.25, -0.2) is 13.1 Å². The second-order valence-corrected chi connectivity index (χ2v) is 7.71. The Morgan fingerprint density at radius 3 is 2.36 bits per heavy atom. The van der Waals surface area contributed by atoms with Crippen LogP contribution >= 0.6 is 0 Å². The molecule has 0 amide bonds. The summed E-state index contributed by atoms with van der Waals surface area (Å²) in [5.74, 6) is 0. The van der Waals surface area contributed by atoms with Crippen molar-refractivity contribution in [3.63, 3.8) is 0 Å². The lowest BCUT2D eigenvalue weighted by Gasteiger charge is -2.35. The maximum absolute atomic E-state index is 13.4. The molecule has 144 valence electrons. The molecule has 7 nitrogen and oxygen atoms in total. The van der Waals surface area contributed by atoms with Gasteiger partial charge in [0, 0.05) is 39.3 Å². The van der Waals surface area contributed by atoms with Gasteiger partial charge < -0.3 is 5.32 Å². The van der Waals surface area contributed by atoms with Crippen LogP contribution in [0.1, 0.15) is 18.3 Å². The van der Waals surface area contributed by atoms with Gasteiger partial charge in [0.15, 0.2) is 0 Å². The maximum atomic E-state index is 13.4. The first-order valence-electron chi connectivity index (χ1n) is 8.13. The van der Waals surface area contributed by atoms with Crippen molar-refractivity contribution in [1.29, 1.82) is 0 Å². The van der Waals surface area contributed by atoms with E-state index in [1.807, 2.05) is 6.92 Å². The number of aromatic nitrogens is 2. The van der Waals surface area contributed by atoms with Crippen LogP contribution in [0.3, 0.4) is 0 Å². The van der Waals surface area contributed by atoms with Crippen molar-refractivity contribution in [1.82, 2.24) is 24.7 Å². The van der Waals surface area contributed by atoms with Gasteiger partial charge in [0.05, 0.1) is 11.4 Å². The standard InChI is InChI=1S/C14H24F3N5O2S/c1-4-22-11(3)13(10(2)20-22)25(23,24)19-9-12(14(15,16)17)21-7-5-18-6-8-21/h12,18-19H,4-9H2,1-3H3. The maximum Gasteiger partial charge on any atom is 0.405 e. The van der Waals surface area contributed by atoms with Gasteiger partial charge in [-0.1, -0.05) is 0 Å². The average molecular weight is 383 g/mol. The zero-order valence-corrected chi connectivity index (χ0v) is 15.3. The summed E-state index contributed by atoms with van der Waals surface area (Å²) in [4.78, 5) is 1.21. The third kappa shape index (κ3) is 4.52. The first-order valence-corrected chi connectivity index (χ1v) is 9.61. The van der Waals surface area contributed by atoms with Crippen molar-refractivity contribution < 1.29 is 21.6 Å². The van der Waals surface area contributed by atoms with Crippen LogP contribution in [-0.4, -0.2) is 68.0 Å². The van der Waals surface area contributed by atoms with Crippen molar-refractivity contribution in [2.24, 2.45) is 0 Å². The molecular weight excluding hydrogens is 359 g/mol. The number of alkyl halides is 3. The molecule has 1 fully saturated rings. The van der Waals surface area contributed by atoms with Crippen LogP contribution in [-0.2, 0) is 16.6 Å². The molecule has 0 aliphatic carbocycles. The van der Waals surface area contributed by atoms with Crippen molar-refractivity contribution in [2.75, 3.05) is 32.7 Å². The van der Waals surface area contributed by atoms with E-state index in [0.29, 0.717) is 25.3 Å². The van der Waals surface area contributed by atoms with E-state index in [4.69, 9.17) is 0 Å². The lowest BCUT2D eigenvalue weighted by Crippen LogP contribution is -2.57. The molecule has 2 N–H and O–H groups in total. The Morgan fingerprint density at radius 1 is 1.28 bits per heavy atom. The molecule has 0 radical (unpaired) electrons. The van der Waals surface area contributed by atoms with Gasteiger partial charge in [0.1, 0.15) is 10.9 Å². The van der Waals surface area contributed by atoms with Gasteiger partial charge >= 0.3 is 6.18 Å². The lowest BCUT2D eigenvalue weighted by atomic mass is 10.2. The molecule has 0 bridgehead atoms. The fourth-order valence-electron chi connectivity index (χ4n) is 3.08. The smallest absolute Gasteiger partial charge is 0.314 e. The summed E-state index contributed by atoms with van der Waals surface area (Å²) in [5.41, 5.74) is 0.691. The summed E-state index contributed by atoms with van der Waals surface area (Å²) in [7, 11) is -4.08. The quantitative estimate of drug-likeness (QED) is 0.754. The van der Waals surface area contributed by atoms with Crippen LogP contribution in [0.25, 0.3) is 0 Å². The minimum Gasteiger partial charge on any atom is -0.314 e. The van der Waals surface area contributed by atoms with Crippen molar-refractivity contribution in [3.8, 4) is 0 Å². The van der Waals surface area contributed by atoms with E-state index in [2.05, 4.69) is 15.1 Å². The zero-order chi connectivity index (χ0) is 18.8. The molecule has 2 rings (SSSR count). The monoisotopic (exact) mass is 383 g/mol. The van der Waals surface area contributed by atoms with E-state index in [1.54, 1.807) is 6.92 Å². The molecule has 1 aromatic rings. The number of aryl methyl sites for hydroxylation is 2. The molecule has 1 aromatic heterocycles. The Labute approximate surface area is 145 Å². The minimum absolute atomic E-state index is 0.0458. The normalized spacial score (nSPS) is 18.5. The number of hydrogen-bond acceptors (Lipinski definition) is 5. The summed E-state index contributed by atoms with van der Waals surface area (Å²) < 4.78 is 68.9. The highest BCUT2D eigenvalue weighted by Gasteiger charge is 2.44. The van der Waals surface area contributed by atoms with E-state index >= 15 is 0 Å². The molecule has 0 saturated carbocycles. The average Bonchev–Trinajstić information content (AvgIpc) is 2.81. The Bertz CT molecular complexity index is 696. The highest BCUT2D eigenvalue weighted by atomic mass is 32.2. The highest BCUT2D eigenvalue weighted by Crippen LogP contribution is 2.26. The first kappa shape index (κ1) is 20.1. The van der Waals surface area contributed by atoms with Crippen LogP contribution in [0.4, 0.5) is 13.2 Å². The fourth-order valence-corrected chi connectivity index (χ4v) is 4.53. The number of rotatable bonds is 6. The van der Waals surface area contributed by atoms with Gasteiger partial charge in [0.2, 0.25) is 10.0 Å². The molecule has 1 atom stereocenters. The van der Waals surface area contributed by atoms with E-state index in [-0.39, 0.29) is 23.7 Å². The SMILES string of the molecule is CCn1nc(C)c(S(=O)(=O)NCC(N2CCNCC2)C(F)(F)F)c1C. The Hall–Kier alpha value is -1.17. The van der Waals surface area contributed by atoms with Crippen molar-refractivity contribution in [3.05, 3.63) is 11.4 Å². The second-order valence-electron chi connectivity index (χ2n) is 6.01. The Morgan fingerprint density at radius 2 is 1.88 bits per heavy atom. The Kier molecular flexibility index (Phi) is 6.13. The predicted molar refractivity (Wildman–Crippen MR) is 86.8 cm³/mol. The third-order valence-corrected chi connectivity index (χ3v) is 6.00. The summed E-state index contributed by atoms with van der Waals surface area (Å²) in [5, 5.41) is 7.10. The largest absolute Gasteiger partial charge is 0.405 e. The van der Waals surface area contributed by atoms with Crippen LogP contribution in [0.5, 0.6) is 0 Å². The molecule has 2 heterocycles. The van der Waals surface area contributed by atoms with Gasteiger partial charge in [-0.3, -0.25) is 9.58 Å². The number of piperazine rings is 1. The van der Waals surface area contributed by atoms with Crippen molar-refractivity contribution in [2.45, 2.75) is 44.4 Å². The van der Waals surface area contributed by atoms with Gasteiger partial charge in [-0.2, -0.15) is 18.3 Å². The summed E-state index contributed by atoms with van der Waals surface area (Å²) in [6.07, 6.45) is -4.52. The fraction of sp³-hybridized carbons (Fsp3) is 0.786. The predicted octanol–water partition coefficient (Wildman–Crippen LogP) is 0.634. The third-order valence-electron chi connectivity index (χ3n) is 4.32. The van der Waals surface area contributed by atoms with Crippen LogP contribution in [0.15, 0.2) is 4.90 Å². The van der Waals surface area contributed by atoms with E-state index in [9.17, 15) is 21.6 Å².